The van der Waals surface area contributed by atoms with E-state index in [-0.39, 0.29) is 11.8 Å². The molecule has 6 nitrogen and oxygen atoms in total. The number of halogens is 3. The van der Waals surface area contributed by atoms with Gasteiger partial charge in [-0.3, -0.25) is 5.32 Å². The number of carbonyl (C=O) groups excluding carboxylic acids is 2. The van der Waals surface area contributed by atoms with Gasteiger partial charge in [-0.05, 0) is 34.6 Å². The molecule has 1 rings (SSSR count). The molecule has 0 saturated carbocycles. The van der Waals surface area contributed by atoms with Crippen molar-refractivity contribution in [3.05, 3.63) is 35.4 Å². The maximum absolute atomic E-state index is 15.5. The minimum Gasteiger partial charge on any atom is -0.493 e. The van der Waals surface area contributed by atoms with Crippen LogP contribution in [0, 0.1) is 17.5 Å². The van der Waals surface area contributed by atoms with Crippen LogP contribution in [0.1, 0.15) is 46.3 Å². The summed E-state index contributed by atoms with van der Waals surface area (Å²) in [6.07, 6.45) is -0.324. The van der Waals surface area contributed by atoms with Gasteiger partial charge < -0.3 is 14.2 Å². The highest BCUT2D eigenvalue weighted by Gasteiger charge is 2.35. The lowest BCUT2D eigenvalue weighted by atomic mass is 10.1. The lowest BCUT2D eigenvalue weighted by Crippen LogP contribution is -2.44. The molecule has 0 heterocycles. The zero-order valence-corrected chi connectivity index (χ0v) is 20.1. The molecule has 1 N–H and O–H groups in total. The SMILES string of the molecule is CCOC(=O)/C=C/OC(C)c1c(F)c([Si](C)(C)C)c(F)c(F)c1NC(=O)OC(C)(C)C. The number of esters is 1. The topological polar surface area (TPSA) is 73.9 Å². The van der Waals surface area contributed by atoms with Crippen LogP contribution in [0.4, 0.5) is 23.7 Å². The number of ether oxygens (including phenoxy) is 3. The highest BCUT2D eigenvalue weighted by molar-refractivity contribution is 6.88. The van der Waals surface area contributed by atoms with Gasteiger partial charge in [0.25, 0.3) is 0 Å². The van der Waals surface area contributed by atoms with Crippen LogP contribution < -0.4 is 10.5 Å². The predicted octanol–water partition coefficient (Wildman–Crippen LogP) is 5.15. The lowest BCUT2D eigenvalue weighted by Gasteiger charge is -2.26. The molecule has 0 aliphatic carbocycles. The molecular formula is C21H30F3NO5Si. The quantitative estimate of drug-likeness (QED) is 0.200. The van der Waals surface area contributed by atoms with Gasteiger partial charge in [0.05, 0.1) is 38.3 Å². The van der Waals surface area contributed by atoms with Crippen LogP contribution in [-0.2, 0) is 19.0 Å². The standard InChI is InChI=1S/C21H30F3NO5Si/c1-9-28-13(26)10-11-29-12(2)14-15(22)19(31(6,7)8)17(24)16(23)18(14)25-20(27)30-21(3,4)5/h10-12H,9H2,1-8H3,(H,25,27)/b11-10+. The van der Waals surface area contributed by atoms with E-state index in [0.29, 0.717) is 0 Å². The van der Waals surface area contributed by atoms with Crippen molar-refractivity contribution >= 4 is 31.0 Å². The third kappa shape index (κ3) is 7.30. The van der Waals surface area contributed by atoms with E-state index in [1.807, 2.05) is 0 Å². The summed E-state index contributed by atoms with van der Waals surface area (Å²) in [7, 11) is -2.67. The Morgan fingerprint density at radius 1 is 1.10 bits per heavy atom. The van der Waals surface area contributed by atoms with E-state index in [1.54, 1.807) is 47.3 Å². The molecule has 0 aliphatic rings. The smallest absolute Gasteiger partial charge is 0.412 e. The number of carbonyl (C=O) groups is 2. The molecule has 1 aromatic rings. The van der Waals surface area contributed by atoms with Crippen LogP contribution in [0.3, 0.4) is 0 Å². The van der Waals surface area contributed by atoms with Gasteiger partial charge in [0.1, 0.15) is 17.5 Å². The normalized spacial score (nSPS) is 13.1. The van der Waals surface area contributed by atoms with Crippen LogP contribution in [0.2, 0.25) is 19.6 Å². The fourth-order valence-corrected chi connectivity index (χ4v) is 4.28. The van der Waals surface area contributed by atoms with Gasteiger partial charge in [-0.15, -0.1) is 0 Å². The summed E-state index contributed by atoms with van der Waals surface area (Å²) in [5.74, 6) is -4.47. The Bertz CT molecular complexity index is 860. The van der Waals surface area contributed by atoms with Crippen LogP contribution in [0.15, 0.2) is 12.3 Å². The van der Waals surface area contributed by atoms with E-state index >= 15 is 4.39 Å². The number of hydrogen-bond donors (Lipinski definition) is 1. The first-order valence-corrected chi connectivity index (χ1v) is 13.3. The zero-order chi connectivity index (χ0) is 24.1. The minimum absolute atomic E-state index is 0.153. The Morgan fingerprint density at radius 2 is 1.68 bits per heavy atom. The molecule has 0 radical (unpaired) electrons. The van der Waals surface area contributed by atoms with E-state index in [9.17, 15) is 18.4 Å². The third-order valence-electron chi connectivity index (χ3n) is 3.91. The number of rotatable bonds is 7. The Morgan fingerprint density at radius 3 is 2.16 bits per heavy atom. The molecule has 31 heavy (non-hydrogen) atoms. The van der Waals surface area contributed by atoms with E-state index in [4.69, 9.17) is 14.2 Å². The highest BCUT2D eigenvalue weighted by Crippen LogP contribution is 2.33. The van der Waals surface area contributed by atoms with Gasteiger partial charge in [-0.2, -0.15) is 0 Å². The predicted molar refractivity (Wildman–Crippen MR) is 114 cm³/mol. The monoisotopic (exact) mass is 461 g/mol. The third-order valence-corrected chi connectivity index (χ3v) is 5.85. The fourth-order valence-electron chi connectivity index (χ4n) is 2.72. The highest BCUT2D eigenvalue weighted by atomic mass is 28.3. The molecule has 10 heteroatoms. The van der Waals surface area contributed by atoms with E-state index in [2.05, 4.69) is 5.32 Å². The van der Waals surface area contributed by atoms with E-state index in [0.717, 1.165) is 12.3 Å². The summed E-state index contributed by atoms with van der Waals surface area (Å²) < 4.78 is 60.4. The molecule has 0 aromatic heterocycles. The molecular weight excluding hydrogens is 431 g/mol. The van der Waals surface area contributed by atoms with Crippen molar-refractivity contribution in [2.75, 3.05) is 11.9 Å². The van der Waals surface area contributed by atoms with Gasteiger partial charge in [-0.25, -0.2) is 22.8 Å². The molecule has 0 spiro atoms. The molecule has 0 fully saturated rings. The minimum atomic E-state index is -2.67. The molecule has 1 amide bonds. The number of hydrogen-bond acceptors (Lipinski definition) is 5. The lowest BCUT2D eigenvalue weighted by molar-refractivity contribution is -0.137. The Balaban J connectivity index is 3.51. The van der Waals surface area contributed by atoms with Gasteiger partial charge >= 0.3 is 12.1 Å². The zero-order valence-electron chi connectivity index (χ0n) is 19.1. The first-order chi connectivity index (χ1) is 14.1. The van der Waals surface area contributed by atoms with Crippen LogP contribution >= 0.6 is 0 Å². The van der Waals surface area contributed by atoms with Crippen molar-refractivity contribution in [1.82, 2.24) is 0 Å². The summed E-state index contributed by atoms with van der Waals surface area (Å²) in [4.78, 5) is 23.6. The summed E-state index contributed by atoms with van der Waals surface area (Å²) in [6, 6.07) is 0. The first-order valence-electron chi connectivity index (χ1n) is 9.79. The second kappa shape index (κ2) is 10.2. The molecule has 1 atom stereocenters. The van der Waals surface area contributed by atoms with Crippen molar-refractivity contribution in [3.8, 4) is 0 Å². The Labute approximate surface area is 181 Å². The van der Waals surface area contributed by atoms with Crippen molar-refractivity contribution in [2.45, 2.75) is 66.0 Å². The van der Waals surface area contributed by atoms with Crippen molar-refractivity contribution in [1.29, 1.82) is 0 Å². The molecule has 0 saturated heterocycles. The first kappa shape index (κ1) is 26.5. The molecule has 0 bridgehead atoms. The number of amides is 1. The Hall–Kier alpha value is -2.49. The number of benzene rings is 1. The largest absolute Gasteiger partial charge is 0.493 e. The second-order valence-corrected chi connectivity index (χ2v) is 13.8. The maximum atomic E-state index is 15.5. The molecule has 1 unspecified atom stereocenters. The van der Waals surface area contributed by atoms with Gasteiger partial charge in [0.15, 0.2) is 11.6 Å². The van der Waals surface area contributed by atoms with Gasteiger partial charge in [0, 0.05) is 5.19 Å². The summed E-state index contributed by atoms with van der Waals surface area (Å²) in [6.45, 7) is 12.9. The average molecular weight is 462 g/mol. The van der Waals surface area contributed by atoms with Crippen molar-refractivity contribution < 1.29 is 37.0 Å². The van der Waals surface area contributed by atoms with Gasteiger partial charge in [0.2, 0.25) is 0 Å². The van der Waals surface area contributed by atoms with Crippen LogP contribution in [0.5, 0.6) is 0 Å². The molecule has 1 aromatic carbocycles. The summed E-state index contributed by atoms with van der Waals surface area (Å²) in [5, 5.41) is 1.74. The molecule has 0 aliphatic heterocycles. The Kier molecular flexibility index (Phi) is 8.74. The second-order valence-electron chi connectivity index (χ2n) is 8.82. The number of nitrogens with one attached hydrogen (secondary N) is 1. The van der Waals surface area contributed by atoms with Crippen molar-refractivity contribution in [2.24, 2.45) is 0 Å². The average Bonchev–Trinajstić information content (AvgIpc) is 2.56. The summed E-state index contributed by atoms with van der Waals surface area (Å²) >= 11 is 0. The van der Waals surface area contributed by atoms with E-state index < -0.39 is 60.5 Å². The maximum Gasteiger partial charge on any atom is 0.412 e. The van der Waals surface area contributed by atoms with E-state index in [1.165, 1.54) is 6.92 Å². The van der Waals surface area contributed by atoms with Crippen LogP contribution in [-0.4, -0.2) is 32.3 Å². The van der Waals surface area contributed by atoms with Crippen LogP contribution in [0.25, 0.3) is 0 Å². The number of anilines is 1. The van der Waals surface area contributed by atoms with Crippen molar-refractivity contribution in [3.63, 3.8) is 0 Å². The molecule has 174 valence electrons. The fraction of sp³-hybridized carbons (Fsp3) is 0.524. The summed E-state index contributed by atoms with van der Waals surface area (Å²) in [5.41, 5.74) is -2.03. The van der Waals surface area contributed by atoms with Gasteiger partial charge in [-0.1, -0.05) is 19.6 Å².